The van der Waals surface area contributed by atoms with Crippen molar-refractivity contribution in [3.8, 4) is 0 Å². The van der Waals surface area contributed by atoms with Gasteiger partial charge >= 0.3 is 0 Å². The molecule has 1 aliphatic rings. The van der Waals surface area contributed by atoms with Gasteiger partial charge in [0.1, 0.15) is 5.82 Å². The van der Waals surface area contributed by atoms with Gasteiger partial charge in [-0.2, -0.15) is 0 Å². The van der Waals surface area contributed by atoms with E-state index < -0.39 is 0 Å². The molecule has 0 radical (unpaired) electrons. The molecule has 0 aromatic heterocycles. The van der Waals surface area contributed by atoms with Gasteiger partial charge in [-0.1, -0.05) is 22.0 Å². The van der Waals surface area contributed by atoms with Crippen molar-refractivity contribution in [1.29, 1.82) is 0 Å². The molecule has 18 heavy (non-hydrogen) atoms. The number of nitrogens with zero attached hydrogens (tertiary/aromatic N) is 1. The van der Waals surface area contributed by atoms with Crippen LogP contribution in [0.1, 0.15) is 18.0 Å². The molecule has 1 fully saturated rings. The number of nitrogens with two attached hydrogens (primary N) is 1. The number of benzene rings is 1. The lowest BCUT2D eigenvalue weighted by Gasteiger charge is -2.27. The second-order valence-corrected chi connectivity index (χ2v) is 5.51. The molecule has 0 saturated carbocycles. The summed E-state index contributed by atoms with van der Waals surface area (Å²) in [7, 11) is 1.67. The Morgan fingerprint density at radius 3 is 3.00 bits per heavy atom. The Labute approximate surface area is 115 Å². The molecule has 1 saturated heterocycles. The number of ether oxygens (including phenoxy) is 1. The van der Waals surface area contributed by atoms with Crippen molar-refractivity contribution in [2.75, 3.05) is 26.8 Å². The number of rotatable bonds is 4. The summed E-state index contributed by atoms with van der Waals surface area (Å²) in [4.78, 5) is 2.19. The summed E-state index contributed by atoms with van der Waals surface area (Å²) in [5, 5.41) is 0. The van der Waals surface area contributed by atoms with Crippen molar-refractivity contribution in [3.63, 3.8) is 0 Å². The summed E-state index contributed by atoms with van der Waals surface area (Å²) in [5.41, 5.74) is 6.80. The van der Waals surface area contributed by atoms with Gasteiger partial charge in [-0.15, -0.1) is 0 Å². The predicted octanol–water partition coefficient (Wildman–Crippen LogP) is 2.31. The zero-order chi connectivity index (χ0) is 13.1. The van der Waals surface area contributed by atoms with Crippen LogP contribution in [0, 0.1) is 5.82 Å². The van der Waals surface area contributed by atoms with Crippen LogP contribution in [0.5, 0.6) is 0 Å². The van der Waals surface area contributed by atoms with Gasteiger partial charge in [-0.25, -0.2) is 4.39 Å². The lowest BCUT2D eigenvalue weighted by molar-refractivity contribution is 0.138. The van der Waals surface area contributed by atoms with Crippen LogP contribution in [-0.2, 0) is 4.74 Å². The first-order valence-corrected chi connectivity index (χ1v) is 6.86. The molecule has 0 aliphatic carbocycles. The van der Waals surface area contributed by atoms with Crippen LogP contribution in [0.3, 0.4) is 0 Å². The van der Waals surface area contributed by atoms with Gasteiger partial charge in [0.2, 0.25) is 0 Å². The number of hydrogen-bond donors (Lipinski definition) is 1. The van der Waals surface area contributed by atoms with Crippen molar-refractivity contribution >= 4 is 15.9 Å². The van der Waals surface area contributed by atoms with Gasteiger partial charge < -0.3 is 10.5 Å². The minimum Gasteiger partial charge on any atom is -0.383 e. The van der Waals surface area contributed by atoms with Crippen LogP contribution in [0.2, 0.25) is 0 Å². The molecule has 2 rings (SSSR count). The van der Waals surface area contributed by atoms with Gasteiger partial charge in [-0.05, 0) is 18.6 Å². The van der Waals surface area contributed by atoms with Gasteiger partial charge in [0.15, 0.2) is 0 Å². The van der Waals surface area contributed by atoms with Gasteiger partial charge in [0.05, 0.1) is 12.6 Å². The molecule has 5 heteroatoms. The number of methoxy groups -OCH3 is 1. The quantitative estimate of drug-likeness (QED) is 0.926. The minimum absolute atomic E-state index is 0.0162. The van der Waals surface area contributed by atoms with Crippen molar-refractivity contribution in [2.24, 2.45) is 5.73 Å². The summed E-state index contributed by atoms with van der Waals surface area (Å²) >= 11 is 3.27. The molecular formula is C13H18BrFN2O. The summed E-state index contributed by atoms with van der Waals surface area (Å²) < 4.78 is 19.9. The summed E-state index contributed by atoms with van der Waals surface area (Å²) in [6.45, 7) is 2.32. The average Bonchev–Trinajstić information content (AvgIpc) is 2.68. The Bertz CT molecular complexity index is 416. The molecule has 2 unspecified atom stereocenters. The summed E-state index contributed by atoms with van der Waals surface area (Å²) in [6.07, 6.45) is 0.893. The second-order valence-electron chi connectivity index (χ2n) is 4.59. The lowest BCUT2D eigenvalue weighted by Crippen LogP contribution is -2.34. The van der Waals surface area contributed by atoms with E-state index >= 15 is 0 Å². The third-order valence-electron chi connectivity index (χ3n) is 3.41. The molecule has 0 amide bonds. The SMILES string of the molecule is COCCN1CCC(N)C1c1ccc(Br)cc1F. The predicted molar refractivity (Wildman–Crippen MR) is 72.9 cm³/mol. The van der Waals surface area contributed by atoms with E-state index in [9.17, 15) is 4.39 Å². The largest absolute Gasteiger partial charge is 0.383 e. The maximum atomic E-state index is 14.0. The fraction of sp³-hybridized carbons (Fsp3) is 0.538. The highest BCUT2D eigenvalue weighted by molar-refractivity contribution is 9.10. The maximum absolute atomic E-state index is 14.0. The van der Waals surface area contributed by atoms with Crippen molar-refractivity contribution in [2.45, 2.75) is 18.5 Å². The third kappa shape index (κ3) is 2.91. The normalized spacial score (nSPS) is 24.7. The molecule has 1 aromatic rings. The van der Waals surface area contributed by atoms with E-state index in [-0.39, 0.29) is 17.9 Å². The topological polar surface area (TPSA) is 38.5 Å². The molecule has 1 aliphatic heterocycles. The highest BCUT2D eigenvalue weighted by atomic mass is 79.9. The highest BCUT2D eigenvalue weighted by Crippen LogP contribution is 2.33. The van der Waals surface area contributed by atoms with Crippen LogP contribution >= 0.6 is 15.9 Å². The van der Waals surface area contributed by atoms with Gasteiger partial charge in [0.25, 0.3) is 0 Å². The minimum atomic E-state index is -0.200. The molecule has 1 heterocycles. The molecule has 1 aromatic carbocycles. The highest BCUT2D eigenvalue weighted by Gasteiger charge is 2.34. The Hall–Kier alpha value is -0.490. The zero-order valence-corrected chi connectivity index (χ0v) is 12.0. The molecule has 0 bridgehead atoms. The van der Waals surface area contributed by atoms with E-state index in [4.69, 9.17) is 10.5 Å². The number of likely N-dealkylation sites (tertiary alicyclic amines) is 1. The Kier molecular flexibility index (Phi) is 4.72. The number of halogens is 2. The van der Waals surface area contributed by atoms with Crippen molar-refractivity contribution in [3.05, 3.63) is 34.1 Å². The van der Waals surface area contributed by atoms with E-state index in [1.165, 1.54) is 6.07 Å². The molecule has 3 nitrogen and oxygen atoms in total. The second kappa shape index (κ2) is 6.10. The van der Waals surface area contributed by atoms with Crippen molar-refractivity contribution < 1.29 is 9.13 Å². The molecule has 100 valence electrons. The fourth-order valence-corrected chi connectivity index (χ4v) is 2.84. The molecule has 2 N–H and O–H groups in total. The van der Waals surface area contributed by atoms with Crippen molar-refractivity contribution in [1.82, 2.24) is 4.90 Å². The van der Waals surface area contributed by atoms with E-state index in [1.54, 1.807) is 7.11 Å². The first-order chi connectivity index (χ1) is 8.63. The van der Waals surface area contributed by atoms with Crippen LogP contribution in [0.25, 0.3) is 0 Å². The summed E-state index contributed by atoms with van der Waals surface area (Å²) in [5.74, 6) is -0.200. The van der Waals surface area contributed by atoms with E-state index in [0.29, 0.717) is 12.2 Å². The van der Waals surface area contributed by atoms with E-state index in [0.717, 1.165) is 24.0 Å². The zero-order valence-electron chi connectivity index (χ0n) is 10.4. The van der Waals surface area contributed by atoms with Crippen LogP contribution < -0.4 is 5.73 Å². The monoisotopic (exact) mass is 316 g/mol. The first-order valence-electron chi connectivity index (χ1n) is 6.07. The van der Waals surface area contributed by atoms with Crippen LogP contribution in [0.15, 0.2) is 22.7 Å². The third-order valence-corrected chi connectivity index (χ3v) is 3.91. The van der Waals surface area contributed by atoms with Crippen LogP contribution in [-0.4, -0.2) is 37.7 Å². The molecule has 0 spiro atoms. The summed E-state index contributed by atoms with van der Waals surface area (Å²) in [6, 6.07) is 5.10. The van der Waals surface area contributed by atoms with Gasteiger partial charge in [-0.3, -0.25) is 4.90 Å². The standard InChI is InChI=1S/C13H18BrFN2O/c1-18-7-6-17-5-4-12(16)13(17)10-3-2-9(14)8-11(10)15/h2-3,8,12-13H,4-7,16H2,1H3. The first kappa shape index (κ1) is 13.9. The number of hydrogen-bond acceptors (Lipinski definition) is 3. The smallest absolute Gasteiger partial charge is 0.129 e. The maximum Gasteiger partial charge on any atom is 0.129 e. The Morgan fingerprint density at radius 2 is 2.33 bits per heavy atom. The Morgan fingerprint density at radius 1 is 1.56 bits per heavy atom. The fourth-order valence-electron chi connectivity index (χ4n) is 2.51. The van der Waals surface area contributed by atoms with Crippen LogP contribution in [0.4, 0.5) is 4.39 Å². The Balaban J connectivity index is 2.22. The van der Waals surface area contributed by atoms with E-state index in [1.807, 2.05) is 12.1 Å². The average molecular weight is 317 g/mol. The molecular weight excluding hydrogens is 299 g/mol. The van der Waals surface area contributed by atoms with Gasteiger partial charge in [0, 0.05) is 36.3 Å². The van der Waals surface area contributed by atoms with E-state index in [2.05, 4.69) is 20.8 Å². The lowest BCUT2D eigenvalue weighted by atomic mass is 10.0. The molecule has 2 atom stereocenters.